The fourth-order valence-corrected chi connectivity index (χ4v) is 4.52. The van der Waals surface area contributed by atoms with Crippen molar-refractivity contribution >= 4 is 15.9 Å². The second kappa shape index (κ2) is 8.96. The first-order chi connectivity index (χ1) is 15.0. The minimum Gasteiger partial charge on any atom is -0.486 e. The summed E-state index contributed by atoms with van der Waals surface area (Å²) in [5, 5.41) is 11.6. The van der Waals surface area contributed by atoms with Gasteiger partial charge in [0.1, 0.15) is 13.2 Å². The highest BCUT2D eigenvalue weighted by atomic mass is 32.2. The molecule has 162 valence electrons. The zero-order valence-corrected chi connectivity index (χ0v) is 17.7. The molecule has 1 saturated carbocycles. The van der Waals surface area contributed by atoms with Gasteiger partial charge in [-0.3, -0.25) is 4.79 Å². The molecule has 1 fully saturated rings. The molecule has 0 radical (unpaired) electrons. The van der Waals surface area contributed by atoms with Crippen LogP contribution in [0.15, 0.2) is 47.4 Å². The first-order valence-electron chi connectivity index (χ1n) is 10.1. The Bertz CT molecular complexity index is 1100. The lowest BCUT2D eigenvalue weighted by molar-refractivity contribution is 0.0931. The van der Waals surface area contributed by atoms with Crippen LogP contribution in [0.25, 0.3) is 0 Å². The number of ether oxygens (including phenoxy) is 2. The molecule has 0 saturated heterocycles. The number of carbonyl (C=O) groups excluding carboxylic acids is 1. The number of fused-ring (bicyclic) bond motifs is 1. The Morgan fingerprint density at radius 1 is 1.10 bits per heavy atom. The van der Waals surface area contributed by atoms with E-state index in [0.29, 0.717) is 36.2 Å². The van der Waals surface area contributed by atoms with Crippen LogP contribution in [0.1, 0.15) is 41.2 Å². The molecule has 0 bridgehead atoms. The summed E-state index contributed by atoms with van der Waals surface area (Å²) in [7, 11) is -3.71. The third-order valence-corrected chi connectivity index (χ3v) is 6.74. The van der Waals surface area contributed by atoms with E-state index in [9.17, 15) is 13.2 Å². The van der Waals surface area contributed by atoms with E-state index < -0.39 is 10.0 Å². The number of benzene rings is 2. The van der Waals surface area contributed by atoms with Crippen LogP contribution in [0.4, 0.5) is 0 Å². The zero-order valence-electron chi connectivity index (χ0n) is 16.8. The van der Waals surface area contributed by atoms with Gasteiger partial charge >= 0.3 is 0 Å². The topological polar surface area (TPSA) is 118 Å². The molecule has 1 aliphatic carbocycles. The van der Waals surface area contributed by atoms with E-state index in [4.69, 9.17) is 14.7 Å². The number of nitriles is 1. The van der Waals surface area contributed by atoms with Crippen LogP contribution in [0.2, 0.25) is 0 Å². The number of hydrogen-bond donors (Lipinski definition) is 2. The summed E-state index contributed by atoms with van der Waals surface area (Å²) in [6.45, 7) is 1.06. The van der Waals surface area contributed by atoms with Gasteiger partial charge in [-0.2, -0.15) is 5.26 Å². The molecular formula is C22H23N3O5S. The highest BCUT2D eigenvalue weighted by Gasteiger charge is 2.34. The van der Waals surface area contributed by atoms with Gasteiger partial charge in [0, 0.05) is 18.5 Å². The number of rotatable bonds is 8. The molecule has 9 heteroatoms. The molecule has 2 aliphatic rings. The lowest BCUT2D eigenvalue weighted by Crippen LogP contribution is -2.30. The number of sulfonamides is 1. The maximum Gasteiger partial charge on any atom is 0.251 e. The lowest BCUT2D eigenvalue weighted by Gasteiger charge is -2.23. The summed E-state index contributed by atoms with van der Waals surface area (Å²) in [6, 6.07) is 13.2. The maximum absolute atomic E-state index is 12.9. The van der Waals surface area contributed by atoms with E-state index in [-0.39, 0.29) is 29.8 Å². The molecule has 2 aromatic carbocycles. The third kappa shape index (κ3) is 4.98. The maximum atomic E-state index is 12.9. The molecular weight excluding hydrogens is 418 g/mol. The minimum atomic E-state index is -3.71. The highest BCUT2D eigenvalue weighted by Crippen LogP contribution is 2.43. The van der Waals surface area contributed by atoms with Crippen molar-refractivity contribution in [1.82, 2.24) is 10.0 Å². The van der Waals surface area contributed by atoms with E-state index in [1.54, 1.807) is 0 Å². The van der Waals surface area contributed by atoms with Crippen molar-refractivity contribution in [2.24, 2.45) is 5.92 Å². The Morgan fingerprint density at radius 3 is 2.48 bits per heavy atom. The van der Waals surface area contributed by atoms with Crippen molar-refractivity contribution in [3.63, 3.8) is 0 Å². The summed E-state index contributed by atoms with van der Waals surface area (Å²) in [5.41, 5.74) is 1.33. The van der Waals surface area contributed by atoms with Gasteiger partial charge in [-0.15, -0.1) is 0 Å². The fraction of sp³-hybridized carbons (Fsp3) is 0.364. The largest absolute Gasteiger partial charge is 0.486 e. The molecule has 1 heterocycles. The smallest absolute Gasteiger partial charge is 0.251 e. The van der Waals surface area contributed by atoms with E-state index >= 15 is 0 Å². The monoisotopic (exact) mass is 441 g/mol. The summed E-state index contributed by atoms with van der Waals surface area (Å²) in [6.07, 6.45) is 2.15. The van der Waals surface area contributed by atoms with Gasteiger partial charge in [-0.05, 0) is 60.7 Å². The Kier molecular flexibility index (Phi) is 6.11. The Labute approximate surface area is 181 Å². The molecule has 31 heavy (non-hydrogen) atoms. The van der Waals surface area contributed by atoms with Crippen molar-refractivity contribution in [3.05, 3.63) is 53.6 Å². The molecule has 2 aromatic rings. The molecule has 1 unspecified atom stereocenters. The minimum absolute atomic E-state index is 0.0413. The van der Waals surface area contributed by atoms with Crippen LogP contribution in [0.3, 0.4) is 0 Å². The van der Waals surface area contributed by atoms with E-state index in [2.05, 4.69) is 10.0 Å². The van der Waals surface area contributed by atoms with Gasteiger partial charge in [-0.25, -0.2) is 13.1 Å². The van der Waals surface area contributed by atoms with Gasteiger partial charge in [0.25, 0.3) is 5.91 Å². The summed E-state index contributed by atoms with van der Waals surface area (Å²) >= 11 is 0. The van der Waals surface area contributed by atoms with E-state index in [0.717, 1.165) is 18.4 Å². The predicted molar refractivity (Wildman–Crippen MR) is 112 cm³/mol. The fourth-order valence-electron chi connectivity index (χ4n) is 3.49. The highest BCUT2D eigenvalue weighted by molar-refractivity contribution is 7.89. The molecule has 1 atom stereocenters. The first kappa shape index (κ1) is 21.2. The van der Waals surface area contributed by atoms with Gasteiger partial charge < -0.3 is 14.8 Å². The number of carbonyl (C=O) groups is 1. The van der Waals surface area contributed by atoms with E-state index in [1.807, 2.05) is 24.3 Å². The van der Waals surface area contributed by atoms with E-state index in [1.165, 1.54) is 24.3 Å². The van der Waals surface area contributed by atoms with Crippen LogP contribution < -0.4 is 19.5 Å². The van der Waals surface area contributed by atoms with Crippen molar-refractivity contribution in [2.75, 3.05) is 19.8 Å². The predicted octanol–water partition coefficient (Wildman–Crippen LogP) is 2.53. The molecule has 4 rings (SSSR count). The van der Waals surface area contributed by atoms with Gasteiger partial charge in [-0.1, -0.05) is 6.07 Å². The second-order valence-corrected chi connectivity index (χ2v) is 9.29. The summed E-state index contributed by atoms with van der Waals surface area (Å²) in [5.74, 6) is 1.47. The second-order valence-electron chi connectivity index (χ2n) is 7.52. The average Bonchev–Trinajstić information content (AvgIpc) is 3.62. The van der Waals surface area contributed by atoms with Crippen LogP contribution in [-0.2, 0) is 10.0 Å². The summed E-state index contributed by atoms with van der Waals surface area (Å²) in [4.78, 5) is 12.9. The standard InChI is InChI=1S/C22H23N3O5S/c23-10-1-11-24-31(27,28)18-7-4-16(5-8-18)22(26)25-21(15-2-3-15)17-6-9-19-20(14-17)30-13-12-29-19/h4-9,14-15,21,24H,1-3,11-13H2,(H,25,26). The molecule has 2 N–H and O–H groups in total. The average molecular weight is 442 g/mol. The normalized spacial score (nSPS) is 16.2. The number of nitrogens with one attached hydrogen (secondary N) is 2. The number of amides is 1. The van der Waals surface area contributed by atoms with Crippen molar-refractivity contribution < 1.29 is 22.7 Å². The molecule has 1 amide bonds. The number of nitrogens with zero attached hydrogens (tertiary/aromatic N) is 1. The SMILES string of the molecule is N#CCCNS(=O)(=O)c1ccc(C(=O)NC(c2ccc3c(c2)OCCO3)C2CC2)cc1. The Hall–Kier alpha value is -3.09. The number of hydrogen-bond acceptors (Lipinski definition) is 6. The van der Waals surface area contributed by atoms with Gasteiger partial charge in [0.15, 0.2) is 11.5 Å². The van der Waals surface area contributed by atoms with Crippen LogP contribution in [0.5, 0.6) is 11.5 Å². The van der Waals surface area contributed by atoms with Crippen molar-refractivity contribution in [2.45, 2.75) is 30.2 Å². The molecule has 0 aromatic heterocycles. The van der Waals surface area contributed by atoms with Crippen LogP contribution >= 0.6 is 0 Å². The Balaban J connectivity index is 1.47. The first-order valence-corrected chi connectivity index (χ1v) is 11.6. The quantitative estimate of drug-likeness (QED) is 0.608. The van der Waals surface area contributed by atoms with Crippen LogP contribution in [0, 0.1) is 17.2 Å². The molecule has 1 aliphatic heterocycles. The lowest BCUT2D eigenvalue weighted by atomic mass is 10.0. The van der Waals surface area contributed by atoms with Crippen LogP contribution in [-0.4, -0.2) is 34.1 Å². The zero-order chi connectivity index (χ0) is 21.8. The van der Waals surface area contributed by atoms with Gasteiger partial charge in [0.05, 0.1) is 17.0 Å². The molecule has 0 spiro atoms. The molecule has 8 nitrogen and oxygen atoms in total. The Morgan fingerprint density at radius 2 is 1.81 bits per heavy atom. The summed E-state index contributed by atoms with van der Waals surface area (Å²) < 4.78 is 38.0. The van der Waals surface area contributed by atoms with Crippen molar-refractivity contribution in [1.29, 1.82) is 5.26 Å². The van der Waals surface area contributed by atoms with Crippen molar-refractivity contribution in [3.8, 4) is 17.6 Å². The third-order valence-electron chi connectivity index (χ3n) is 5.26. The van der Waals surface area contributed by atoms with Gasteiger partial charge in [0.2, 0.25) is 10.0 Å².